The Morgan fingerprint density at radius 1 is 1.38 bits per heavy atom. The summed E-state index contributed by atoms with van der Waals surface area (Å²) in [5, 5.41) is 0. The average Bonchev–Trinajstić information content (AvgIpc) is 1.90. The number of hydrogen-bond donors (Lipinski definition) is 0. The molecule has 1 aromatic rings. The first-order valence-corrected chi connectivity index (χ1v) is 2.36. The van der Waals surface area contributed by atoms with E-state index in [1.165, 1.54) is 12.1 Å². The van der Waals surface area contributed by atoms with E-state index < -0.39 is 0 Å². The number of aryl methyl sites for hydroxylation is 1. The van der Waals surface area contributed by atoms with Gasteiger partial charge in [0.2, 0.25) is 0 Å². The molecule has 0 atom stereocenters. The van der Waals surface area contributed by atoms with Crippen molar-refractivity contribution in [3.63, 3.8) is 0 Å². The van der Waals surface area contributed by atoms with E-state index in [0.717, 1.165) is 5.56 Å². The fraction of sp³-hybridized carbons (Fsp3) is 0.143. The molecule has 0 saturated carbocycles. The van der Waals surface area contributed by atoms with Crippen LogP contribution in [-0.2, 0) is 0 Å². The van der Waals surface area contributed by atoms with Crippen LogP contribution in [0.4, 0.5) is 4.39 Å². The van der Waals surface area contributed by atoms with Gasteiger partial charge in [-0.15, -0.1) is 0 Å². The molecule has 0 N–H and O–H groups in total. The average molecular weight is 111 g/mol. The Labute approximate surface area is 49.4 Å². The lowest BCUT2D eigenvalue weighted by atomic mass is 10.2. The zero-order chi connectivity index (χ0) is 6.69. The second-order valence-electron chi connectivity index (χ2n) is 1.63. The maximum absolute atomic E-state index is 12.2. The van der Waals surface area contributed by atoms with E-state index in [4.69, 9.17) is 1.37 Å². The molecule has 0 bridgehead atoms. The predicted molar refractivity (Wildman–Crippen MR) is 31.1 cm³/mol. The van der Waals surface area contributed by atoms with Crippen LogP contribution in [0.2, 0.25) is 0 Å². The van der Waals surface area contributed by atoms with Gasteiger partial charge in [0.1, 0.15) is 5.82 Å². The summed E-state index contributed by atoms with van der Waals surface area (Å²) in [6.45, 7) is 0.222. The summed E-state index contributed by atoms with van der Waals surface area (Å²) >= 11 is 0. The minimum absolute atomic E-state index is 0.222. The van der Waals surface area contributed by atoms with Crippen molar-refractivity contribution >= 4 is 0 Å². The number of benzene rings is 1. The molecule has 0 aliphatic heterocycles. The third kappa shape index (κ3) is 1.06. The molecule has 0 saturated heterocycles. The Morgan fingerprint density at radius 3 is 2.50 bits per heavy atom. The summed E-state index contributed by atoms with van der Waals surface area (Å²) < 4.78 is 19.1. The van der Waals surface area contributed by atoms with Crippen LogP contribution in [0.3, 0.4) is 0 Å². The maximum atomic E-state index is 12.2. The van der Waals surface area contributed by atoms with Gasteiger partial charge in [0.05, 0.1) is 0 Å². The lowest BCUT2D eigenvalue weighted by Crippen LogP contribution is -1.71. The molecule has 42 valence electrons. The van der Waals surface area contributed by atoms with Gasteiger partial charge in [-0.25, -0.2) is 4.39 Å². The van der Waals surface area contributed by atoms with Crippen LogP contribution >= 0.6 is 0 Å². The molecule has 1 rings (SSSR count). The van der Waals surface area contributed by atoms with Gasteiger partial charge in [-0.3, -0.25) is 0 Å². The van der Waals surface area contributed by atoms with E-state index in [9.17, 15) is 4.39 Å². The summed E-state index contributed by atoms with van der Waals surface area (Å²) in [6.07, 6.45) is 0. The van der Waals surface area contributed by atoms with Crippen molar-refractivity contribution < 1.29 is 5.76 Å². The van der Waals surface area contributed by atoms with Crippen LogP contribution in [0.1, 0.15) is 6.93 Å². The summed E-state index contributed by atoms with van der Waals surface area (Å²) in [5.74, 6) is -0.243. The Bertz CT molecular complexity index is 181. The van der Waals surface area contributed by atoms with E-state index in [0.29, 0.717) is 0 Å². The van der Waals surface area contributed by atoms with Crippen molar-refractivity contribution in [2.45, 2.75) is 6.90 Å². The van der Waals surface area contributed by atoms with Crippen molar-refractivity contribution in [1.29, 1.82) is 0 Å². The summed E-state index contributed by atoms with van der Waals surface area (Å²) in [6, 6.07) is 5.96. The molecule has 1 aromatic carbocycles. The molecule has 0 unspecified atom stereocenters. The van der Waals surface area contributed by atoms with Gasteiger partial charge in [-0.05, 0) is 19.0 Å². The van der Waals surface area contributed by atoms with Gasteiger partial charge in [-0.2, -0.15) is 0 Å². The Balaban J connectivity index is 2.88. The van der Waals surface area contributed by atoms with Gasteiger partial charge >= 0.3 is 0 Å². The SMILES string of the molecule is [2H]Cc1ccc(F)cc1. The first-order valence-electron chi connectivity index (χ1n) is 3.07. The first-order chi connectivity index (χ1) is 4.33. The highest BCUT2D eigenvalue weighted by Crippen LogP contribution is 1.98. The van der Waals surface area contributed by atoms with Crippen LogP contribution in [-0.4, -0.2) is 0 Å². The molecule has 0 aliphatic carbocycles. The molecule has 0 radical (unpaired) electrons. The molecular weight excluding hydrogens is 103 g/mol. The van der Waals surface area contributed by atoms with Crippen LogP contribution in [0.15, 0.2) is 24.3 Å². The minimum Gasteiger partial charge on any atom is -0.207 e. The Kier molecular flexibility index (Phi) is 0.992. The fourth-order valence-corrected chi connectivity index (χ4v) is 0.484. The highest BCUT2D eigenvalue weighted by molar-refractivity contribution is 5.13. The van der Waals surface area contributed by atoms with Gasteiger partial charge in [-0.1, -0.05) is 17.7 Å². The quantitative estimate of drug-likeness (QED) is 0.481. The smallest absolute Gasteiger partial charge is 0.123 e. The molecule has 1 heteroatoms. The molecule has 0 aliphatic rings. The van der Waals surface area contributed by atoms with Crippen LogP contribution in [0.25, 0.3) is 0 Å². The predicted octanol–water partition coefficient (Wildman–Crippen LogP) is 2.13. The standard InChI is InChI=1S/C7H7F/c1-6-2-4-7(8)5-3-6/h2-5H,1H3/i1D. The minimum atomic E-state index is -0.243. The maximum Gasteiger partial charge on any atom is 0.123 e. The third-order valence-corrected chi connectivity index (χ3v) is 0.913. The van der Waals surface area contributed by atoms with Crippen molar-refractivity contribution in [3.8, 4) is 0 Å². The zero-order valence-corrected chi connectivity index (χ0v) is 4.39. The first kappa shape index (κ1) is 4.07. The number of halogens is 1. The summed E-state index contributed by atoms with van der Waals surface area (Å²) in [7, 11) is 0. The van der Waals surface area contributed by atoms with Crippen molar-refractivity contribution in [2.75, 3.05) is 0 Å². The lowest BCUT2D eigenvalue weighted by Gasteiger charge is -1.87. The van der Waals surface area contributed by atoms with Crippen LogP contribution in [0, 0.1) is 12.7 Å². The second-order valence-corrected chi connectivity index (χ2v) is 1.63. The molecule has 0 aromatic heterocycles. The molecular formula is C7H7F. The van der Waals surface area contributed by atoms with E-state index in [1.54, 1.807) is 12.1 Å². The molecule has 0 amide bonds. The van der Waals surface area contributed by atoms with Gasteiger partial charge in [0.15, 0.2) is 0 Å². The highest BCUT2D eigenvalue weighted by Gasteiger charge is 1.83. The third-order valence-electron chi connectivity index (χ3n) is 0.913. The van der Waals surface area contributed by atoms with Crippen molar-refractivity contribution in [1.82, 2.24) is 0 Å². The summed E-state index contributed by atoms with van der Waals surface area (Å²) in [4.78, 5) is 0. The molecule has 0 spiro atoms. The van der Waals surface area contributed by atoms with Crippen LogP contribution in [0.5, 0.6) is 0 Å². The normalized spacial score (nSPS) is 10.9. The van der Waals surface area contributed by atoms with Crippen molar-refractivity contribution in [2.24, 2.45) is 0 Å². The van der Waals surface area contributed by atoms with Gasteiger partial charge in [0, 0.05) is 1.37 Å². The zero-order valence-electron chi connectivity index (χ0n) is 5.39. The fourth-order valence-electron chi connectivity index (χ4n) is 0.484. The van der Waals surface area contributed by atoms with E-state index >= 15 is 0 Å². The number of rotatable bonds is 0. The molecule has 8 heavy (non-hydrogen) atoms. The van der Waals surface area contributed by atoms with E-state index in [1.807, 2.05) is 0 Å². The lowest BCUT2D eigenvalue weighted by molar-refractivity contribution is 0.627. The highest BCUT2D eigenvalue weighted by atomic mass is 19.1. The van der Waals surface area contributed by atoms with E-state index in [2.05, 4.69) is 0 Å². The Morgan fingerprint density at radius 2 is 2.00 bits per heavy atom. The van der Waals surface area contributed by atoms with Gasteiger partial charge in [0.25, 0.3) is 0 Å². The second kappa shape index (κ2) is 1.95. The summed E-state index contributed by atoms with van der Waals surface area (Å²) in [5.41, 5.74) is 0.844. The van der Waals surface area contributed by atoms with Gasteiger partial charge < -0.3 is 0 Å². The van der Waals surface area contributed by atoms with Crippen LogP contribution < -0.4 is 0 Å². The molecule has 0 fully saturated rings. The van der Waals surface area contributed by atoms with Crippen molar-refractivity contribution in [3.05, 3.63) is 35.6 Å². The molecule has 0 nitrogen and oxygen atoms in total. The molecule has 0 heterocycles. The number of hydrogen-bond acceptors (Lipinski definition) is 0. The Hall–Kier alpha value is -0.850. The topological polar surface area (TPSA) is 0 Å². The van der Waals surface area contributed by atoms with E-state index in [-0.39, 0.29) is 12.7 Å². The monoisotopic (exact) mass is 111 g/mol. The largest absolute Gasteiger partial charge is 0.207 e.